The maximum Gasteiger partial charge on any atom is 0.170 e. The van der Waals surface area contributed by atoms with E-state index in [1.54, 1.807) is 7.11 Å². The van der Waals surface area contributed by atoms with E-state index in [0.717, 1.165) is 5.56 Å². The van der Waals surface area contributed by atoms with Crippen molar-refractivity contribution >= 4 is 5.78 Å². The third kappa shape index (κ3) is 2.61. The fourth-order valence-electron chi connectivity index (χ4n) is 1.50. The van der Waals surface area contributed by atoms with Crippen LogP contribution < -0.4 is 10.5 Å². The van der Waals surface area contributed by atoms with E-state index in [1.165, 1.54) is 0 Å². The summed E-state index contributed by atoms with van der Waals surface area (Å²) in [5.74, 6) is 0.453. The Morgan fingerprint density at radius 1 is 1.38 bits per heavy atom. The zero-order chi connectivity index (χ0) is 12.3. The molecule has 0 fully saturated rings. The number of nitrogens with two attached hydrogens (primary N) is 1. The average Bonchev–Trinajstić information content (AvgIpc) is 2.26. The molecular weight excluding hydrogens is 202 g/mol. The maximum atomic E-state index is 12.2. The molecule has 0 saturated carbocycles. The number of aryl methyl sites for hydroxylation is 1. The van der Waals surface area contributed by atoms with Crippen LogP contribution >= 0.6 is 0 Å². The molecule has 1 rings (SSSR count). The fourth-order valence-corrected chi connectivity index (χ4v) is 1.50. The summed E-state index contributed by atoms with van der Waals surface area (Å²) in [6.45, 7) is 5.63. The van der Waals surface area contributed by atoms with Crippen LogP contribution in [0.5, 0.6) is 5.75 Å². The van der Waals surface area contributed by atoms with Crippen LogP contribution in [0.3, 0.4) is 0 Å². The van der Waals surface area contributed by atoms with Gasteiger partial charge in [0.2, 0.25) is 0 Å². The van der Waals surface area contributed by atoms with Crippen LogP contribution in [0, 0.1) is 12.8 Å². The summed E-state index contributed by atoms with van der Waals surface area (Å²) in [7, 11) is 1.57. The first kappa shape index (κ1) is 12.7. The molecule has 0 aromatic heterocycles. The molecule has 2 atom stereocenters. The van der Waals surface area contributed by atoms with Gasteiger partial charge in [0.15, 0.2) is 5.78 Å². The van der Waals surface area contributed by atoms with Crippen LogP contribution in [0.4, 0.5) is 0 Å². The highest BCUT2D eigenvalue weighted by molar-refractivity contribution is 6.00. The molecule has 0 spiro atoms. The Morgan fingerprint density at radius 2 is 2.00 bits per heavy atom. The van der Waals surface area contributed by atoms with Crippen LogP contribution in [0.15, 0.2) is 18.2 Å². The molecule has 0 aliphatic carbocycles. The van der Waals surface area contributed by atoms with E-state index in [1.807, 2.05) is 39.0 Å². The Kier molecular flexibility index (Phi) is 4.07. The molecule has 2 N–H and O–H groups in total. The van der Waals surface area contributed by atoms with Crippen LogP contribution in [-0.2, 0) is 0 Å². The minimum Gasteiger partial charge on any atom is -0.496 e. The lowest BCUT2D eigenvalue weighted by atomic mass is 9.92. The summed E-state index contributed by atoms with van der Waals surface area (Å²) in [4.78, 5) is 12.2. The number of carbonyl (C=O) groups excluding carboxylic acids is 1. The van der Waals surface area contributed by atoms with Crippen molar-refractivity contribution in [2.75, 3.05) is 7.11 Å². The highest BCUT2D eigenvalue weighted by atomic mass is 16.5. The largest absolute Gasteiger partial charge is 0.496 e. The number of hydrogen-bond donors (Lipinski definition) is 1. The minimum atomic E-state index is -0.198. The molecule has 3 nitrogen and oxygen atoms in total. The molecule has 1 aromatic carbocycles. The molecule has 0 heterocycles. The summed E-state index contributed by atoms with van der Waals surface area (Å²) >= 11 is 0. The van der Waals surface area contributed by atoms with Crippen molar-refractivity contribution in [1.29, 1.82) is 0 Å². The van der Waals surface area contributed by atoms with Gasteiger partial charge in [0, 0.05) is 12.0 Å². The standard InChI is InChI=1S/C13H19NO2/c1-8-5-6-12(16-4)11(7-8)13(15)9(2)10(3)14/h5-7,9-10H,14H2,1-4H3. The molecule has 3 heteroatoms. The van der Waals surface area contributed by atoms with E-state index >= 15 is 0 Å². The van der Waals surface area contributed by atoms with Crippen LogP contribution in [-0.4, -0.2) is 18.9 Å². The number of ether oxygens (including phenoxy) is 1. The monoisotopic (exact) mass is 221 g/mol. The second kappa shape index (κ2) is 5.12. The lowest BCUT2D eigenvalue weighted by Gasteiger charge is -2.16. The predicted octanol–water partition coefficient (Wildman–Crippen LogP) is 2.17. The second-order valence-corrected chi connectivity index (χ2v) is 4.22. The first-order chi connectivity index (χ1) is 7.47. The van der Waals surface area contributed by atoms with Gasteiger partial charge in [-0.05, 0) is 26.0 Å². The van der Waals surface area contributed by atoms with Gasteiger partial charge in [-0.25, -0.2) is 0 Å². The molecule has 1 aromatic rings. The van der Waals surface area contributed by atoms with Crippen molar-refractivity contribution in [3.8, 4) is 5.75 Å². The zero-order valence-corrected chi connectivity index (χ0v) is 10.3. The van der Waals surface area contributed by atoms with Gasteiger partial charge >= 0.3 is 0 Å². The van der Waals surface area contributed by atoms with Crippen LogP contribution in [0.25, 0.3) is 0 Å². The van der Waals surface area contributed by atoms with Crippen molar-refractivity contribution < 1.29 is 9.53 Å². The summed E-state index contributed by atoms with van der Waals surface area (Å²) < 4.78 is 5.19. The van der Waals surface area contributed by atoms with Gasteiger partial charge in [-0.3, -0.25) is 4.79 Å². The van der Waals surface area contributed by atoms with Crippen LogP contribution in [0.2, 0.25) is 0 Å². The van der Waals surface area contributed by atoms with Crippen molar-refractivity contribution in [2.24, 2.45) is 11.7 Å². The number of Topliss-reactive ketones (excluding diaryl/α,β-unsaturated/α-hetero) is 1. The van der Waals surface area contributed by atoms with Gasteiger partial charge in [-0.1, -0.05) is 18.6 Å². The average molecular weight is 221 g/mol. The molecule has 0 bridgehead atoms. The first-order valence-electron chi connectivity index (χ1n) is 5.41. The number of carbonyl (C=O) groups is 1. The number of methoxy groups -OCH3 is 1. The van der Waals surface area contributed by atoms with Crippen molar-refractivity contribution in [2.45, 2.75) is 26.8 Å². The first-order valence-corrected chi connectivity index (χ1v) is 5.41. The number of hydrogen-bond acceptors (Lipinski definition) is 3. The van der Waals surface area contributed by atoms with Crippen LogP contribution in [0.1, 0.15) is 29.8 Å². The number of ketones is 1. The quantitative estimate of drug-likeness (QED) is 0.793. The van der Waals surface area contributed by atoms with Gasteiger partial charge in [-0.2, -0.15) is 0 Å². The fraction of sp³-hybridized carbons (Fsp3) is 0.462. The summed E-state index contributed by atoms with van der Waals surface area (Å²) in [6.07, 6.45) is 0. The number of rotatable bonds is 4. The molecule has 0 radical (unpaired) electrons. The molecule has 2 unspecified atom stereocenters. The second-order valence-electron chi connectivity index (χ2n) is 4.22. The molecule has 16 heavy (non-hydrogen) atoms. The van der Waals surface area contributed by atoms with E-state index in [-0.39, 0.29) is 17.7 Å². The molecule has 88 valence electrons. The van der Waals surface area contributed by atoms with E-state index in [4.69, 9.17) is 10.5 Å². The Labute approximate surface area is 96.6 Å². The normalized spacial score (nSPS) is 14.3. The SMILES string of the molecule is COc1ccc(C)cc1C(=O)C(C)C(C)N. The Balaban J connectivity index is 3.11. The van der Waals surface area contributed by atoms with E-state index in [2.05, 4.69) is 0 Å². The molecule has 0 amide bonds. The van der Waals surface area contributed by atoms with Gasteiger partial charge in [0.25, 0.3) is 0 Å². The Morgan fingerprint density at radius 3 is 2.50 bits per heavy atom. The van der Waals surface area contributed by atoms with E-state index in [9.17, 15) is 4.79 Å². The third-order valence-electron chi connectivity index (χ3n) is 2.82. The zero-order valence-electron chi connectivity index (χ0n) is 10.3. The van der Waals surface area contributed by atoms with Crippen molar-refractivity contribution in [1.82, 2.24) is 0 Å². The summed E-state index contributed by atoms with van der Waals surface area (Å²) in [5, 5.41) is 0. The van der Waals surface area contributed by atoms with Gasteiger partial charge < -0.3 is 10.5 Å². The van der Waals surface area contributed by atoms with Gasteiger partial charge in [-0.15, -0.1) is 0 Å². The molecule has 0 aliphatic heterocycles. The van der Waals surface area contributed by atoms with Gasteiger partial charge in [0.05, 0.1) is 12.7 Å². The van der Waals surface area contributed by atoms with Crippen molar-refractivity contribution in [3.05, 3.63) is 29.3 Å². The topological polar surface area (TPSA) is 52.3 Å². The lowest BCUT2D eigenvalue weighted by molar-refractivity contribution is 0.0914. The summed E-state index contributed by atoms with van der Waals surface area (Å²) in [6, 6.07) is 5.43. The Bertz CT molecular complexity index is 386. The van der Waals surface area contributed by atoms with E-state index in [0.29, 0.717) is 11.3 Å². The maximum absolute atomic E-state index is 12.2. The predicted molar refractivity (Wildman–Crippen MR) is 64.9 cm³/mol. The Hall–Kier alpha value is -1.35. The number of benzene rings is 1. The van der Waals surface area contributed by atoms with Gasteiger partial charge in [0.1, 0.15) is 5.75 Å². The van der Waals surface area contributed by atoms with Crippen molar-refractivity contribution in [3.63, 3.8) is 0 Å². The lowest BCUT2D eigenvalue weighted by Crippen LogP contribution is -2.30. The van der Waals surface area contributed by atoms with E-state index < -0.39 is 0 Å². The molecule has 0 aliphatic rings. The highest BCUT2D eigenvalue weighted by Crippen LogP contribution is 2.23. The summed E-state index contributed by atoms with van der Waals surface area (Å²) in [5.41, 5.74) is 7.40. The smallest absolute Gasteiger partial charge is 0.170 e. The highest BCUT2D eigenvalue weighted by Gasteiger charge is 2.21. The minimum absolute atomic E-state index is 0.0375. The molecule has 0 saturated heterocycles. The molecular formula is C13H19NO2. The third-order valence-corrected chi connectivity index (χ3v) is 2.82.